The van der Waals surface area contributed by atoms with E-state index in [1.807, 2.05) is 13.8 Å². The number of halogens is 3. The Kier molecular flexibility index (Phi) is 11.9. The molecule has 0 radical (unpaired) electrons. The molecule has 0 saturated carbocycles. The summed E-state index contributed by atoms with van der Waals surface area (Å²) >= 11 is 17.1. The first-order chi connectivity index (χ1) is 18.1. The minimum Gasteiger partial charge on any atom is -0.460 e. The fourth-order valence-corrected chi connectivity index (χ4v) is 3.97. The van der Waals surface area contributed by atoms with Crippen molar-refractivity contribution in [2.24, 2.45) is 5.92 Å². The fraction of sp³-hybridized carbons (Fsp3) is 0.577. The largest absolute Gasteiger partial charge is 0.460 e. The van der Waals surface area contributed by atoms with Crippen molar-refractivity contribution >= 4 is 64.8 Å². The fourth-order valence-electron chi connectivity index (χ4n) is 3.81. The first-order valence-electron chi connectivity index (χ1n) is 12.5. The lowest BCUT2D eigenvalue weighted by molar-refractivity contribution is -0.152. The number of likely N-dealkylation sites (tertiary alicyclic amines) is 1. The third-order valence-electron chi connectivity index (χ3n) is 5.36. The van der Waals surface area contributed by atoms with Gasteiger partial charge in [0.2, 0.25) is 9.70 Å². The highest BCUT2D eigenvalue weighted by Gasteiger charge is 2.38. The summed E-state index contributed by atoms with van der Waals surface area (Å²) in [4.78, 5) is 57.6. The topological polar surface area (TPSA) is 127 Å². The smallest absolute Gasteiger partial charge is 0.408 e. The number of amides is 3. The Hall–Kier alpha value is -2.56. The summed E-state index contributed by atoms with van der Waals surface area (Å²) in [5.41, 5.74) is -0.329. The summed E-state index contributed by atoms with van der Waals surface area (Å²) in [5.74, 6) is -1.91. The molecule has 0 aromatic carbocycles. The van der Waals surface area contributed by atoms with Gasteiger partial charge in [0.1, 0.15) is 30.0 Å². The maximum absolute atomic E-state index is 13.7. The molecule has 2 atom stereocenters. The number of hydrogen-bond donors (Lipinski definition) is 2. The van der Waals surface area contributed by atoms with Gasteiger partial charge in [0, 0.05) is 18.9 Å². The number of carbonyl (C=O) groups excluding carboxylic acids is 4. The van der Waals surface area contributed by atoms with Crippen LogP contribution in [0.3, 0.4) is 0 Å². The van der Waals surface area contributed by atoms with Crippen molar-refractivity contribution < 1.29 is 28.7 Å². The van der Waals surface area contributed by atoms with Crippen LogP contribution < -0.4 is 10.6 Å². The maximum atomic E-state index is 13.7. The predicted octanol–water partition coefficient (Wildman–Crippen LogP) is 4.38. The number of alkyl halides is 3. The highest BCUT2D eigenvalue weighted by atomic mass is 35.6. The van der Waals surface area contributed by atoms with E-state index in [4.69, 9.17) is 44.3 Å². The molecule has 1 saturated heterocycles. The first-order valence-corrected chi connectivity index (χ1v) is 13.7. The van der Waals surface area contributed by atoms with E-state index in [0.717, 1.165) is 0 Å². The van der Waals surface area contributed by atoms with Gasteiger partial charge in [-0.05, 0) is 63.7 Å². The Morgan fingerprint density at radius 3 is 2.46 bits per heavy atom. The van der Waals surface area contributed by atoms with E-state index >= 15 is 0 Å². The summed E-state index contributed by atoms with van der Waals surface area (Å²) in [6, 6.07) is 1.46. The number of alkyl carbamates (subject to hydrolysis) is 1. The first kappa shape index (κ1) is 32.7. The highest BCUT2D eigenvalue weighted by molar-refractivity contribution is 6.67. The monoisotopic (exact) mass is 604 g/mol. The standard InChI is InChI=1S/C26H35Cl3N4O6/c1-16(2)12-18(32-24(37)39-25(3,4)5)21(34)31-19(13-17-8-6-10-30-14-17)22(35)33-11-7-9-20(33)23(36)38-15-26(27,28)29/h6,8,10,13-14,16,18,20H,7,9,11-12,15H2,1-5H3,(H,31,34)(H,32,37)/b19-13-/t18-,20-/m0/s1. The number of ether oxygens (including phenoxy) is 2. The summed E-state index contributed by atoms with van der Waals surface area (Å²) in [7, 11) is 0. The van der Waals surface area contributed by atoms with E-state index in [1.165, 1.54) is 17.2 Å². The molecule has 0 aliphatic carbocycles. The lowest BCUT2D eigenvalue weighted by Gasteiger charge is -2.27. The van der Waals surface area contributed by atoms with Gasteiger partial charge in [-0.15, -0.1) is 0 Å². The van der Waals surface area contributed by atoms with Crippen molar-refractivity contribution in [3.8, 4) is 0 Å². The zero-order chi connectivity index (χ0) is 29.4. The molecule has 2 N–H and O–H groups in total. The Morgan fingerprint density at radius 2 is 1.90 bits per heavy atom. The van der Waals surface area contributed by atoms with E-state index in [1.54, 1.807) is 39.1 Å². The molecule has 1 fully saturated rings. The van der Waals surface area contributed by atoms with Gasteiger partial charge in [0.15, 0.2) is 0 Å². The van der Waals surface area contributed by atoms with Gasteiger partial charge < -0.3 is 25.0 Å². The number of aromatic nitrogens is 1. The van der Waals surface area contributed by atoms with Crippen molar-refractivity contribution in [3.63, 3.8) is 0 Å². The van der Waals surface area contributed by atoms with E-state index < -0.39 is 52.0 Å². The minimum atomic E-state index is -1.80. The molecule has 216 valence electrons. The lowest BCUT2D eigenvalue weighted by atomic mass is 10.0. The van der Waals surface area contributed by atoms with Gasteiger partial charge in [-0.3, -0.25) is 14.6 Å². The average molecular weight is 606 g/mol. The van der Waals surface area contributed by atoms with Crippen LogP contribution in [0.2, 0.25) is 0 Å². The Bertz CT molecular complexity index is 1050. The Labute approximate surface area is 243 Å². The summed E-state index contributed by atoms with van der Waals surface area (Å²) in [6.45, 7) is 8.70. The number of rotatable bonds is 9. The highest BCUT2D eigenvalue weighted by Crippen LogP contribution is 2.27. The molecule has 39 heavy (non-hydrogen) atoms. The van der Waals surface area contributed by atoms with Crippen LogP contribution in [-0.4, -0.2) is 68.4 Å². The van der Waals surface area contributed by atoms with Crippen molar-refractivity contribution in [2.45, 2.75) is 75.4 Å². The summed E-state index contributed by atoms with van der Waals surface area (Å²) in [5, 5.41) is 5.24. The number of hydrogen-bond acceptors (Lipinski definition) is 7. The zero-order valence-corrected chi connectivity index (χ0v) is 24.9. The SMILES string of the molecule is CC(C)C[C@H](NC(=O)OC(C)(C)C)C(=O)N/C(=C\c1cccnc1)C(=O)N1CCC[C@H]1C(=O)OCC(Cl)(Cl)Cl. The maximum Gasteiger partial charge on any atom is 0.408 e. The number of carbonyl (C=O) groups is 4. The zero-order valence-electron chi connectivity index (χ0n) is 22.6. The van der Waals surface area contributed by atoms with Gasteiger partial charge in [-0.1, -0.05) is 54.7 Å². The molecule has 0 spiro atoms. The van der Waals surface area contributed by atoms with E-state index in [-0.39, 0.29) is 24.6 Å². The van der Waals surface area contributed by atoms with Crippen LogP contribution in [-0.2, 0) is 23.9 Å². The van der Waals surface area contributed by atoms with Gasteiger partial charge in [-0.25, -0.2) is 9.59 Å². The Morgan fingerprint density at radius 1 is 1.21 bits per heavy atom. The molecule has 13 heteroatoms. The van der Waals surface area contributed by atoms with Crippen molar-refractivity contribution in [2.75, 3.05) is 13.2 Å². The van der Waals surface area contributed by atoms with Crippen LogP contribution in [0.15, 0.2) is 30.2 Å². The quantitative estimate of drug-likeness (QED) is 0.243. The third-order valence-corrected chi connectivity index (χ3v) is 5.69. The molecule has 1 aromatic rings. The van der Waals surface area contributed by atoms with Crippen LogP contribution in [0.4, 0.5) is 4.79 Å². The second-order valence-corrected chi connectivity index (χ2v) is 13.1. The van der Waals surface area contributed by atoms with Gasteiger partial charge in [0.05, 0.1) is 0 Å². The number of esters is 1. The van der Waals surface area contributed by atoms with E-state index in [2.05, 4.69) is 15.6 Å². The van der Waals surface area contributed by atoms with E-state index in [0.29, 0.717) is 18.4 Å². The van der Waals surface area contributed by atoms with Crippen LogP contribution in [0.5, 0.6) is 0 Å². The van der Waals surface area contributed by atoms with Gasteiger partial charge in [0.25, 0.3) is 5.91 Å². The second kappa shape index (κ2) is 14.2. The Balaban J connectivity index is 2.31. The number of nitrogens with zero attached hydrogens (tertiary/aromatic N) is 2. The molecule has 2 rings (SSSR count). The second-order valence-electron chi connectivity index (χ2n) is 10.5. The third kappa shape index (κ3) is 11.6. The van der Waals surface area contributed by atoms with E-state index in [9.17, 15) is 19.2 Å². The van der Waals surface area contributed by atoms with Crippen LogP contribution in [0.25, 0.3) is 6.08 Å². The van der Waals surface area contributed by atoms with Crippen LogP contribution in [0.1, 0.15) is 59.4 Å². The molecule has 1 aliphatic rings. The van der Waals surface area contributed by atoms with Gasteiger partial charge in [-0.2, -0.15) is 0 Å². The molecular formula is C26H35Cl3N4O6. The van der Waals surface area contributed by atoms with Crippen molar-refractivity contribution in [1.29, 1.82) is 0 Å². The number of pyridine rings is 1. The molecule has 1 aromatic heterocycles. The summed E-state index contributed by atoms with van der Waals surface area (Å²) in [6.07, 6.45) is 4.94. The normalized spacial score (nSPS) is 17.0. The molecule has 2 heterocycles. The predicted molar refractivity (Wildman–Crippen MR) is 149 cm³/mol. The van der Waals surface area contributed by atoms with Crippen LogP contribution >= 0.6 is 34.8 Å². The average Bonchev–Trinajstić information content (AvgIpc) is 3.30. The minimum absolute atomic E-state index is 0.0350. The van der Waals surface area contributed by atoms with Crippen molar-refractivity contribution in [3.05, 3.63) is 35.8 Å². The molecule has 0 bridgehead atoms. The molecular weight excluding hydrogens is 571 g/mol. The van der Waals surface area contributed by atoms with Crippen LogP contribution in [0, 0.1) is 5.92 Å². The number of nitrogens with one attached hydrogen (secondary N) is 2. The molecule has 10 nitrogen and oxygen atoms in total. The molecule has 0 unspecified atom stereocenters. The molecule has 1 aliphatic heterocycles. The lowest BCUT2D eigenvalue weighted by Crippen LogP contribution is -2.51. The van der Waals surface area contributed by atoms with Crippen molar-refractivity contribution in [1.82, 2.24) is 20.5 Å². The van der Waals surface area contributed by atoms with Gasteiger partial charge >= 0.3 is 12.1 Å². The molecule has 3 amide bonds. The summed E-state index contributed by atoms with van der Waals surface area (Å²) < 4.78 is 8.62.